The fourth-order valence-corrected chi connectivity index (χ4v) is 4.94. The number of benzene rings is 3. The second-order valence-corrected chi connectivity index (χ2v) is 9.66. The molecule has 0 atom stereocenters. The van der Waals surface area contributed by atoms with E-state index in [1.165, 1.54) is 0 Å². The number of hydrogen-bond acceptors (Lipinski definition) is 5. The van der Waals surface area contributed by atoms with Crippen LogP contribution in [0.5, 0.6) is 5.75 Å². The molecule has 37 heavy (non-hydrogen) atoms. The van der Waals surface area contributed by atoms with Crippen molar-refractivity contribution < 1.29 is 14.3 Å². The first kappa shape index (κ1) is 24.7. The average Bonchev–Trinajstić information content (AvgIpc) is 2.91. The Morgan fingerprint density at radius 2 is 1.54 bits per heavy atom. The van der Waals surface area contributed by atoms with Crippen LogP contribution in [0, 0.1) is 5.92 Å². The second-order valence-electron chi connectivity index (χ2n) is 9.66. The quantitative estimate of drug-likeness (QED) is 0.471. The molecule has 1 heterocycles. The molecule has 2 N–H and O–H groups in total. The monoisotopic (exact) mass is 498 g/mol. The molecular weight excluding hydrogens is 464 g/mol. The molecule has 0 bridgehead atoms. The fraction of sp³-hybridized carbons (Fsp3) is 0.333. The van der Waals surface area contributed by atoms with Gasteiger partial charge < -0.3 is 25.2 Å². The lowest BCUT2D eigenvalue weighted by Crippen LogP contribution is -2.47. The predicted molar refractivity (Wildman–Crippen MR) is 147 cm³/mol. The van der Waals surface area contributed by atoms with Crippen molar-refractivity contribution >= 4 is 28.9 Å². The third kappa shape index (κ3) is 5.71. The molecule has 5 rings (SSSR count). The van der Waals surface area contributed by atoms with Gasteiger partial charge >= 0.3 is 0 Å². The minimum atomic E-state index is -0.147. The van der Waals surface area contributed by atoms with Gasteiger partial charge in [0.2, 0.25) is 5.91 Å². The largest absolute Gasteiger partial charge is 0.495 e. The number of para-hydroxylation sites is 2. The summed E-state index contributed by atoms with van der Waals surface area (Å²) in [4.78, 5) is 30.5. The van der Waals surface area contributed by atoms with E-state index in [4.69, 9.17) is 4.74 Å². The summed E-state index contributed by atoms with van der Waals surface area (Å²) in [5.41, 5.74) is 4.25. The molecule has 3 aromatic rings. The number of carbonyl (C=O) groups is 2. The zero-order chi connectivity index (χ0) is 25.6. The first-order valence-corrected chi connectivity index (χ1v) is 13.0. The van der Waals surface area contributed by atoms with Gasteiger partial charge in [0.1, 0.15) is 5.75 Å². The number of methoxy groups -OCH3 is 1. The molecule has 2 aliphatic rings. The highest BCUT2D eigenvalue weighted by atomic mass is 16.5. The maximum Gasteiger partial charge on any atom is 0.253 e. The van der Waals surface area contributed by atoms with Gasteiger partial charge in [0.05, 0.1) is 18.4 Å². The lowest BCUT2D eigenvalue weighted by atomic mass is 9.85. The Bertz CT molecular complexity index is 1230. The van der Waals surface area contributed by atoms with Crippen LogP contribution in [0.1, 0.15) is 35.2 Å². The highest BCUT2D eigenvalue weighted by Crippen LogP contribution is 2.32. The molecule has 7 nitrogen and oxygen atoms in total. The van der Waals surface area contributed by atoms with Gasteiger partial charge in [-0.15, -0.1) is 0 Å². The lowest BCUT2D eigenvalue weighted by molar-refractivity contribution is -0.122. The number of anilines is 3. The summed E-state index contributed by atoms with van der Waals surface area (Å²) in [6.07, 6.45) is 2.97. The Balaban J connectivity index is 1.34. The van der Waals surface area contributed by atoms with E-state index in [0.29, 0.717) is 17.8 Å². The first-order valence-electron chi connectivity index (χ1n) is 13.0. The third-order valence-electron chi connectivity index (χ3n) is 7.33. The van der Waals surface area contributed by atoms with Crippen molar-refractivity contribution in [1.29, 1.82) is 0 Å². The average molecular weight is 499 g/mol. The molecule has 3 aromatic carbocycles. The van der Waals surface area contributed by atoms with E-state index >= 15 is 0 Å². The zero-order valence-electron chi connectivity index (χ0n) is 21.3. The van der Waals surface area contributed by atoms with Crippen LogP contribution >= 0.6 is 0 Å². The first-order chi connectivity index (χ1) is 18.1. The summed E-state index contributed by atoms with van der Waals surface area (Å²) >= 11 is 0. The van der Waals surface area contributed by atoms with E-state index in [1.807, 2.05) is 66.7 Å². The highest BCUT2D eigenvalue weighted by Gasteiger charge is 2.27. The summed E-state index contributed by atoms with van der Waals surface area (Å²) in [5, 5.41) is 6.09. The molecular formula is C30H34N4O3. The van der Waals surface area contributed by atoms with Crippen LogP contribution in [0.2, 0.25) is 0 Å². The van der Waals surface area contributed by atoms with E-state index in [0.717, 1.165) is 68.1 Å². The zero-order valence-corrected chi connectivity index (χ0v) is 21.3. The van der Waals surface area contributed by atoms with Crippen LogP contribution in [0.25, 0.3) is 0 Å². The molecule has 0 radical (unpaired) electrons. The van der Waals surface area contributed by atoms with Crippen LogP contribution in [-0.2, 0) is 11.3 Å². The number of hydrogen-bond donors (Lipinski definition) is 2. The Morgan fingerprint density at radius 3 is 2.22 bits per heavy atom. The van der Waals surface area contributed by atoms with Crippen LogP contribution in [0.3, 0.4) is 0 Å². The summed E-state index contributed by atoms with van der Waals surface area (Å²) in [6.45, 7) is 3.60. The van der Waals surface area contributed by atoms with E-state index in [9.17, 15) is 9.59 Å². The van der Waals surface area contributed by atoms with Crippen LogP contribution in [0.15, 0.2) is 72.8 Å². The van der Waals surface area contributed by atoms with Gasteiger partial charge in [-0.3, -0.25) is 9.59 Å². The molecule has 7 heteroatoms. The summed E-state index contributed by atoms with van der Waals surface area (Å²) in [7, 11) is 1.70. The standard InChI is InChI=1S/C30H34N4O3/c1-37-28-13-6-5-12-27(28)34-18-16-33(17-19-34)26-15-14-24(32-29(35)23-10-7-11-23)20-25(26)30(36)31-21-22-8-3-2-4-9-22/h2-6,8-9,12-15,20,23H,7,10-11,16-19,21H2,1H3,(H,31,36)(H,32,35). The van der Waals surface area contributed by atoms with E-state index < -0.39 is 0 Å². The number of nitrogens with one attached hydrogen (secondary N) is 2. The fourth-order valence-electron chi connectivity index (χ4n) is 4.94. The van der Waals surface area contributed by atoms with Gasteiger partial charge in [-0.1, -0.05) is 48.9 Å². The maximum atomic E-state index is 13.4. The van der Waals surface area contributed by atoms with E-state index in [2.05, 4.69) is 26.5 Å². The Kier molecular flexibility index (Phi) is 7.59. The number of ether oxygens (including phenoxy) is 1. The molecule has 192 valence electrons. The van der Waals surface area contributed by atoms with Gasteiger partial charge in [-0.25, -0.2) is 0 Å². The number of rotatable bonds is 8. The maximum absolute atomic E-state index is 13.4. The molecule has 1 aliphatic heterocycles. The highest BCUT2D eigenvalue weighted by molar-refractivity contribution is 6.02. The Morgan fingerprint density at radius 1 is 0.865 bits per heavy atom. The Hall–Kier alpha value is -4.00. The van der Waals surface area contributed by atoms with Crippen molar-refractivity contribution in [3.63, 3.8) is 0 Å². The smallest absolute Gasteiger partial charge is 0.253 e. The van der Waals surface area contributed by atoms with Crippen molar-refractivity contribution in [2.24, 2.45) is 5.92 Å². The summed E-state index contributed by atoms with van der Waals surface area (Å²) in [5.74, 6) is 0.840. The van der Waals surface area contributed by atoms with Crippen LogP contribution < -0.4 is 25.2 Å². The molecule has 0 spiro atoms. The minimum Gasteiger partial charge on any atom is -0.495 e. The molecule has 2 amide bonds. The van der Waals surface area contributed by atoms with E-state index in [-0.39, 0.29) is 17.7 Å². The van der Waals surface area contributed by atoms with Crippen molar-refractivity contribution in [3.05, 3.63) is 83.9 Å². The van der Waals surface area contributed by atoms with Crippen LogP contribution in [0.4, 0.5) is 17.1 Å². The predicted octanol–water partition coefficient (Wildman–Crippen LogP) is 4.69. The Labute approximate surface area is 218 Å². The van der Waals surface area contributed by atoms with Gasteiger partial charge in [0.25, 0.3) is 5.91 Å². The molecule has 1 saturated heterocycles. The van der Waals surface area contributed by atoms with Gasteiger partial charge in [-0.05, 0) is 48.7 Å². The molecule has 0 unspecified atom stereocenters. The topological polar surface area (TPSA) is 73.9 Å². The van der Waals surface area contributed by atoms with Crippen molar-refractivity contribution in [3.8, 4) is 5.75 Å². The number of carbonyl (C=O) groups excluding carboxylic acids is 2. The molecule has 1 aliphatic carbocycles. The number of nitrogens with zero attached hydrogens (tertiary/aromatic N) is 2. The molecule has 2 fully saturated rings. The van der Waals surface area contributed by atoms with Crippen molar-refractivity contribution in [2.45, 2.75) is 25.8 Å². The number of piperazine rings is 1. The summed E-state index contributed by atoms with van der Waals surface area (Å²) < 4.78 is 5.56. The normalized spacial score (nSPS) is 15.6. The summed E-state index contributed by atoms with van der Waals surface area (Å²) in [6, 6.07) is 23.6. The van der Waals surface area contributed by atoms with Gasteiger partial charge in [0.15, 0.2) is 0 Å². The molecule has 1 saturated carbocycles. The van der Waals surface area contributed by atoms with E-state index in [1.54, 1.807) is 7.11 Å². The number of amides is 2. The third-order valence-corrected chi connectivity index (χ3v) is 7.33. The lowest BCUT2D eigenvalue weighted by Gasteiger charge is -2.38. The van der Waals surface area contributed by atoms with Crippen molar-refractivity contribution in [1.82, 2.24) is 5.32 Å². The van der Waals surface area contributed by atoms with Crippen molar-refractivity contribution in [2.75, 3.05) is 48.4 Å². The minimum absolute atomic E-state index is 0.0417. The second kappa shape index (κ2) is 11.4. The van der Waals surface area contributed by atoms with Crippen LogP contribution in [-0.4, -0.2) is 45.1 Å². The molecule has 0 aromatic heterocycles. The SMILES string of the molecule is COc1ccccc1N1CCN(c2ccc(NC(=O)C3CCC3)cc2C(=O)NCc2ccccc2)CC1. The van der Waals surface area contributed by atoms with Gasteiger partial charge in [0, 0.05) is 50.0 Å². The van der Waals surface area contributed by atoms with Gasteiger partial charge in [-0.2, -0.15) is 0 Å².